The lowest BCUT2D eigenvalue weighted by Crippen LogP contribution is -2.49. The minimum atomic E-state index is -1.60. The smallest absolute Gasteiger partial charge is 0.180 e. The van der Waals surface area contributed by atoms with E-state index in [1.54, 1.807) is 48.5 Å². The van der Waals surface area contributed by atoms with E-state index in [0.29, 0.717) is 31.8 Å². The molecule has 0 radical (unpaired) electrons. The maximum absolute atomic E-state index is 14.5. The Kier molecular flexibility index (Phi) is 5.70. The Morgan fingerprint density at radius 3 is 2.08 bits per heavy atom. The number of halogens is 3. The summed E-state index contributed by atoms with van der Waals surface area (Å²) in [6.07, 6.45) is 3.76. The largest absolute Gasteiger partial charge is 0.352 e. The molecule has 2 heterocycles. The molecule has 0 N–H and O–H groups in total. The third-order valence-electron chi connectivity index (χ3n) is 8.07. The SMILES string of the molecule is CC(C)(C)C(=O)[C@H]1[C@H](c2ccc(Cl)cc2Cl)C2(C(=O)c3ccccc3C2=O)[C@H]2C=Cc3cc(Cl)ccc3N12. The first-order valence-electron chi connectivity index (χ1n) is 12.4. The average Bonchev–Trinajstić information content (AvgIpc) is 3.29. The van der Waals surface area contributed by atoms with Crippen LogP contribution in [-0.4, -0.2) is 29.4 Å². The first-order valence-corrected chi connectivity index (χ1v) is 13.6. The molecular formula is C31H24Cl3NO3. The first-order chi connectivity index (χ1) is 18.0. The molecule has 6 rings (SSSR count). The molecule has 0 saturated carbocycles. The number of hydrogen-bond acceptors (Lipinski definition) is 4. The van der Waals surface area contributed by atoms with Crippen molar-refractivity contribution in [1.29, 1.82) is 0 Å². The van der Waals surface area contributed by atoms with Gasteiger partial charge in [-0.15, -0.1) is 0 Å². The molecule has 7 heteroatoms. The van der Waals surface area contributed by atoms with Gasteiger partial charge >= 0.3 is 0 Å². The van der Waals surface area contributed by atoms with Crippen LogP contribution >= 0.6 is 34.8 Å². The van der Waals surface area contributed by atoms with Crippen LogP contribution in [0.3, 0.4) is 0 Å². The van der Waals surface area contributed by atoms with Gasteiger partial charge < -0.3 is 4.90 Å². The van der Waals surface area contributed by atoms with Gasteiger partial charge in [0.2, 0.25) is 0 Å². The fourth-order valence-corrected chi connectivity index (χ4v) is 7.20. The predicted molar refractivity (Wildman–Crippen MR) is 152 cm³/mol. The minimum Gasteiger partial charge on any atom is -0.352 e. The monoisotopic (exact) mass is 563 g/mol. The highest BCUT2D eigenvalue weighted by atomic mass is 35.5. The predicted octanol–water partition coefficient (Wildman–Crippen LogP) is 7.70. The third kappa shape index (κ3) is 3.33. The van der Waals surface area contributed by atoms with Crippen LogP contribution in [0.2, 0.25) is 15.1 Å². The molecule has 0 aromatic heterocycles. The van der Waals surface area contributed by atoms with Gasteiger partial charge in [-0.25, -0.2) is 0 Å². The summed E-state index contributed by atoms with van der Waals surface area (Å²) >= 11 is 19.4. The normalized spacial score (nSPS) is 23.0. The highest BCUT2D eigenvalue weighted by Gasteiger charge is 2.72. The number of fused-ring (bicyclic) bond motifs is 5. The van der Waals surface area contributed by atoms with Crippen LogP contribution < -0.4 is 4.90 Å². The van der Waals surface area contributed by atoms with Crippen molar-refractivity contribution < 1.29 is 14.4 Å². The van der Waals surface area contributed by atoms with Crippen molar-refractivity contribution in [2.75, 3.05) is 4.90 Å². The van der Waals surface area contributed by atoms with E-state index in [0.717, 1.165) is 11.3 Å². The number of Topliss-reactive ketones (excluding diaryl/α,β-unsaturated/α-hetero) is 3. The van der Waals surface area contributed by atoms with Crippen LogP contribution in [0.15, 0.2) is 66.7 Å². The van der Waals surface area contributed by atoms with E-state index < -0.39 is 28.8 Å². The lowest BCUT2D eigenvalue weighted by atomic mass is 9.63. The second-order valence-electron chi connectivity index (χ2n) is 11.2. The first kappa shape index (κ1) is 25.4. The zero-order chi connectivity index (χ0) is 27.1. The Morgan fingerprint density at radius 2 is 1.47 bits per heavy atom. The quantitative estimate of drug-likeness (QED) is 0.299. The molecule has 0 bridgehead atoms. The van der Waals surface area contributed by atoms with E-state index in [1.165, 1.54) is 0 Å². The molecule has 2 aliphatic heterocycles. The molecule has 1 aliphatic carbocycles. The summed E-state index contributed by atoms with van der Waals surface area (Å²) in [5.74, 6) is -1.54. The van der Waals surface area contributed by atoms with Crippen LogP contribution in [-0.2, 0) is 4.79 Å². The Morgan fingerprint density at radius 1 is 0.868 bits per heavy atom. The van der Waals surface area contributed by atoms with Crippen LogP contribution in [0.25, 0.3) is 6.08 Å². The van der Waals surface area contributed by atoms with Crippen molar-refractivity contribution >= 4 is 63.9 Å². The van der Waals surface area contributed by atoms with Crippen molar-refractivity contribution in [3.63, 3.8) is 0 Å². The number of rotatable bonds is 2. The summed E-state index contributed by atoms with van der Waals surface area (Å²) in [7, 11) is 0. The Labute approximate surface area is 236 Å². The number of hydrogen-bond donors (Lipinski definition) is 0. The summed E-state index contributed by atoms with van der Waals surface area (Å²) in [6, 6.07) is 15.8. The van der Waals surface area contributed by atoms with E-state index in [-0.39, 0.29) is 17.3 Å². The number of ketones is 3. The average molecular weight is 565 g/mol. The minimum absolute atomic E-state index is 0.0943. The standard InChI is InChI=1S/C31H24Cl3NO3/c1-30(2,3)29(38)26-25(21-11-9-18(33)15-22(21)34)31(27(36)19-6-4-5-7-20(19)28(31)37)24-13-8-16-14-17(32)10-12-23(16)35(24)26/h4-15,24-26H,1-3H3/t24-,25+,26-/m1/s1. The zero-order valence-electron chi connectivity index (χ0n) is 21.0. The molecule has 3 atom stereocenters. The molecule has 3 aromatic rings. The maximum Gasteiger partial charge on any atom is 0.180 e. The third-order valence-corrected chi connectivity index (χ3v) is 8.87. The molecule has 4 nitrogen and oxygen atoms in total. The molecule has 1 spiro atoms. The van der Waals surface area contributed by atoms with Gasteiger partial charge in [-0.3, -0.25) is 14.4 Å². The van der Waals surface area contributed by atoms with E-state index in [1.807, 2.05) is 50.0 Å². The lowest BCUT2D eigenvalue weighted by Gasteiger charge is -2.38. The molecule has 3 aliphatic rings. The van der Waals surface area contributed by atoms with Gasteiger partial charge in [0.15, 0.2) is 17.3 Å². The van der Waals surface area contributed by atoms with Gasteiger partial charge in [0, 0.05) is 43.2 Å². The molecular weight excluding hydrogens is 541 g/mol. The van der Waals surface area contributed by atoms with E-state index in [2.05, 4.69) is 0 Å². The van der Waals surface area contributed by atoms with Crippen LogP contribution in [0, 0.1) is 10.8 Å². The molecule has 1 fully saturated rings. The Balaban J connectivity index is 1.72. The van der Waals surface area contributed by atoms with Gasteiger partial charge in [-0.2, -0.15) is 0 Å². The van der Waals surface area contributed by atoms with E-state index in [9.17, 15) is 14.4 Å². The van der Waals surface area contributed by atoms with Gasteiger partial charge in [-0.1, -0.05) is 98.1 Å². The number of nitrogens with zero attached hydrogens (tertiary/aromatic N) is 1. The summed E-state index contributed by atoms with van der Waals surface area (Å²) in [5, 5.41) is 1.29. The maximum atomic E-state index is 14.5. The van der Waals surface area contributed by atoms with Crippen molar-refractivity contribution in [1.82, 2.24) is 0 Å². The summed E-state index contributed by atoms with van der Waals surface area (Å²) in [5.41, 5.74) is 0.468. The molecule has 38 heavy (non-hydrogen) atoms. The van der Waals surface area contributed by atoms with Crippen molar-refractivity contribution in [2.24, 2.45) is 10.8 Å². The van der Waals surface area contributed by atoms with Crippen LogP contribution in [0.4, 0.5) is 5.69 Å². The van der Waals surface area contributed by atoms with E-state index in [4.69, 9.17) is 34.8 Å². The van der Waals surface area contributed by atoms with Gasteiger partial charge in [-0.05, 0) is 41.5 Å². The second kappa shape index (κ2) is 8.54. The molecule has 192 valence electrons. The fraction of sp³-hybridized carbons (Fsp3) is 0.258. The van der Waals surface area contributed by atoms with Gasteiger partial charge in [0.25, 0.3) is 0 Å². The number of carbonyl (C=O) groups is 3. The van der Waals surface area contributed by atoms with Crippen LogP contribution in [0.5, 0.6) is 0 Å². The second-order valence-corrected chi connectivity index (χ2v) is 12.5. The Hall–Kier alpha value is -2.92. The van der Waals surface area contributed by atoms with Gasteiger partial charge in [0.05, 0.1) is 12.1 Å². The highest BCUT2D eigenvalue weighted by molar-refractivity contribution is 6.36. The molecule has 0 amide bonds. The summed E-state index contributed by atoms with van der Waals surface area (Å²) < 4.78 is 0. The zero-order valence-corrected chi connectivity index (χ0v) is 23.2. The molecule has 3 aromatic carbocycles. The van der Waals surface area contributed by atoms with Crippen molar-refractivity contribution in [3.8, 4) is 0 Å². The van der Waals surface area contributed by atoms with Crippen molar-refractivity contribution in [2.45, 2.75) is 38.8 Å². The number of benzene rings is 3. The summed E-state index contributed by atoms with van der Waals surface area (Å²) in [4.78, 5) is 45.5. The van der Waals surface area contributed by atoms with Crippen LogP contribution in [0.1, 0.15) is 58.5 Å². The summed E-state index contributed by atoms with van der Waals surface area (Å²) in [6.45, 7) is 5.56. The fourth-order valence-electron chi connectivity index (χ4n) is 6.49. The number of anilines is 1. The topological polar surface area (TPSA) is 54.5 Å². The lowest BCUT2D eigenvalue weighted by molar-refractivity contribution is -0.127. The van der Waals surface area contributed by atoms with Crippen molar-refractivity contribution in [3.05, 3.63) is 104 Å². The molecule has 0 unspecified atom stereocenters. The highest BCUT2D eigenvalue weighted by Crippen LogP contribution is 2.62. The number of carbonyl (C=O) groups excluding carboxylic acids is 3. The Bertz CT molecular complexity index is 1550. The molecule has 1 saturated heterocycles. The van der Waals surface area contributed by atoms with Gasteiger partial charge in [0.1, 0.15) is 5.41 Å². The van der Waals surface area contributed by atoms with E-state index >= 15 is 0 Å².